The van der Waals surface area contributed by atoms with E-state index in [-0.39, 0.29) is 6.04 Å². The molecule has 1 unspecified atom stereocenters. The monoisotopic (exact) mass is 288 g/mol. The SMILES string of the molecule is CCCn1ncc(OC)c1C(NCC)c1ccnc(C)c1. The van der Waals surface area contributed by atoms with Gasteiger partial charge in [0.25, 0.3) is 0 Å². The second-order valence-electron chi connectivity index (χ2n) is 5.04. The Morgan fingerprint density at radius 2 is 2.19 bits per heavy atom. The summed E-state index contributed by atoms with van der Waals surface area (Å²) in [6.45, 7) is 8.01. The molecule has 0 bridgehead atoms. The molecule has 1 atom stereocenters. The summed E-state index contributed by atoms with van der Waals surface area (Å²) >= 11 is 0. The predicted octanol–water partition coefficient (Wildman–Crippen LogP) is 2.70. The Balaban J connectivity index is 2.49. The van der Waals surface area contributed by atoms with Gasteiger partial charge < -0.3 is 10.1 Å². The average Bonchev–Trinajstić information content (AvgIpc) is 2.88. The van der Waals surface area contributed by atoms with E-state index in [1.807, 2.05) is 23.9 Å². The Morgan fingerprint density at radius 1 is 1.38 bits per heavy atom. The minimum Gasteiger partial charge on any atom is -0.493 e. The topological polar surface area (TPSA) is 52.0 Å². The maximum atomic E-state index is 5.51. The van der Waals surface area contributed by atoms with E-state index in [2.05, 4.69) is 35.3 Å². The van der Waals surface area contributed by atoms with Gasteiger partial charge in [-0.15, -0.1) is 0 Å². The molecule has 0 amide bonds. The summed E-state index contributed by atoms with van der Waals surface area (Å²) in [7, 11) is 1.69. The quantitative estimate of drug-likeness (QED) is 0.851. The van der Waals surface area contributed by atoms with Crippen molar-refractivity contribution in [3.63, 3.8) is 0 Å². The number of hydrogen-bond acceptors (Lipinski definition) is 4. The molecule has 0 aromatic carbocycles. The van der Waals surface area contributed by atoms with Crippen molar-refractivity contribution in [2.24, 2.45) is 0 Å². The van der Waals surface area contributed by atoms with Crippen LogP contribution in [-0.4, -0.2) is 28.4 Å². The fourth-order valence-electron chi connectivity index (χ4n) is 2.54. The molecule has 5 heteroatoms. The zero-order chi connectivity index (χ0) is 15.2. The Bertz CT molecular complexity index is 579. The molecule has 2 aromatic heterocycles. The first-order valence-corrected chi connectivity index (χ1v) is 7.46. The number of methoxy groups -OCH3 is 1. The lowest BCUT2D eigenvalue weighted by Crippen LogP contribution is -2.25. The van der Waals surface area contributed by atoms with E-state index in [0.29, 0.717) is 0 Å². The molecular weight excluding hydrogens is 264 g/mol. The molecule has 2 aromatic rings. The Hall–Kier alpha value is -1.88. The third kappa shape index (κ3) is 3.42. The van der Waals surface area contributed by atoms with Crippen LogP contribution in [0.5, 0.6) is 5.75 Å². The summed E-state index contributed by atoms with van der Waals surface area (Å²) in [5, 5.41) is 8.00. The van der Waals surface area contributed by atoms with Crippen molar-refractivity contribution in [3.8, 4) is 5.75 Å². The summed E-state index contributed by atoms with van der Waals surface area (Å²) in [6, 6.07) is 4.21. The lowest BCUT2D eigenvalue weighted by atomic mass is 10.0. The zero-order valence-electron chi connectivity index (χ0n) is 13.3. The standard InChI is InChI=1S/C16H24N4O/c1-5-9-20-16(14(21-4)11-19-20)15(17-6-2)13-7-8-18-12(3)10-13/h7-8,10-11,15,17H,5-6,9H2,1-4H3. The molecule has 0 fully saturated rings. The highest BCUT2D eigenvalue weighted by molar-refractivity contribution is 5.36. The van der Waals surface area contributed by atoms with Crippen molar-refractivity contribution in [1.82, 2.24) is 20.1 Å². The first-order chi connectivity index (χ1) is 10.2. The number of aryl methyl sites for hydroxylation is 2. The van der Waals surface area contributed by atoms with E-state index in [1.54, 1.807) is 13.3 Å². The van der Waals surface area contributed by atoms with Gasteiger partial charge in [0.05, 0.1) is 19.3 Å². The van der Waals surface area contributed by atoms with Crippen molar-refractivity contribution in [2.75, 3.05) is 13.7 Å². The first kappa shape index (κ1) is 15.5. The summed E-state index contributed by atoms with van der Waals surface area (Å²) < 4.78 is 7.54. The summed E-state index contributed by atoms with van der Waals surface area (Å²) in [5.74, 6) is 0.823. The highest BCUT2D eigenvalue weighted by Crippen LogP contribution is 2.30. The van der Waals surface area contributed by atoms with Crippen LogP contribution >= 0.6 is 0 Å². The van der Waals surface area contributed by atoms with Crippen molar-refractivity contribution in [1.29, 1.82) is 0 Å². The van der Waals surface area contributed by atoms with Gasteiger partial charge in [-0.1, -0.05) is 13.8 Å². The third-order valence-corrected chi connectivity index (χ3v) is 3.44. The second-order valence-corrected chi connectivity index (χ2v) is 5.04. The molecule has 0 spiro atoms. The number of hydrogen-bond donors (Lipinski definition) is 1. The van der Waals surface area contributed by atoms with E-state index in [0.717, 1.165) is 36.6 Å². The molecule has 2 heterocycles. The van der Waals surface area contributed by atoms with Gasteiger partial charge in [0.15, 0.2) is 5.75 Å². The number of nitrogens with one attached hydrogen (secondary N) is 1. The van der Waals surface area contributed by atoms with Crippen LogP contribution in [0.15, 0.2) is 24.5 Å². The van der Waals surface area contributed by atoms with Crippen LogP contribution in [0.4, 0.5) is 0 Å². The molecule has 0 saturated carbocycles. The molecule has 0 saturated heterocycles. The Labute approximate surface area is 126 Å². The molecule has 0 radical (unpaired) electrons. The smallest absolute Gasteiger partial charge is 0.161 e. The number of rotatable bonds is 7. The molecule has 1 N–H and O–H groups in total. The highest BCUT2D eigenvalue weighted by Gasteiger charge is 2.23. The molecule has 5 nitrogen and oxygen atoms in total. The zero-order valence-corrected chi connectivity index (χ0v) is 13.3. The van der Waals surface area contributed by atoms with Gasteiger partial charge in [0, 0.05) is 18.4 Å². The molecular formula is C16H24N4O. The highest BCUT2D eigenvalue weighted by atomic mass is 16.5. The minimum atomic E-state index is 0.0562. The van der Waals surface area contributed by atoms with Crippen LogP contribution in [0.3, 0.4) is 0 Å². The number of aromatic nitrogens is 3. The van der Waals surface area contributed by atoms with Crippen molar-refractivity contribution in [3.05, 3.63) is 41.5 Å². The molecule has 2 rings (SSSR count). The molecule has 0 aliphatic heterocycles. The fourth-order valence-corrected chi connectivity index (χ4v) is 2.54. The fraction of sp³-hybridized carbons (Fsp3) is 0.500. The minimum absolute atomic E-state index is 0.0562. The van der Waals surface area contributed by atoms with E-state index in [1.165, 1.54) is 5.56 Å². The van der Waals surface area contributed by atoms with Gasteiger partial charge in [-0.25, -0.2) is 0 Å². The second kappa shape index (κ2) is 7.22. The van der Waals surface area contributed by atoms with Crippen LogP contribution < -0.4 is 10.1 Å². The summed E-state index contributed by atoms with van der Waals surface area (Å²) in [6.07, 6.45) is 4.68. The van der Waals surface area contributed by atoms with Gasteiger partial charge in [0.1, 0.15) is 5.69 Å². The van der Waals surface area contributed by atoms with E-state index in [4.69, 9.17) is 4.74 Å². The molecule has 0 aliphatic carbocycles. The van der Waals surface area contributed by atoms with E-state index >= 15 is 0 Å². The van der Waals surface area contributed by atoms with Gasteiger partial charge in [0.2, 0.25) is 0 Å². The molecule has 114 valence electrons. The Kier molecular flexibility index (Phi) is 5.33. The van der Waals surface area contributed by atoms with Gasteiger partial charge in [-0.3, -0.25) is 9.67 Å². The van der Waals surface area contributed by atoms with E-state index < -0.39 is 0 Å². The number of nitrogens with zero attached hydrogens (tertiary/aromatic N) is 3. The number of pyridine rings is 1. The normalized spacial score (nSPS) is 12.4. The van der Waals surface area contributed by atoms with Crippen LogP contribution in [-0.2, 0) is 6.54 Å². The lowest BCUT2D eigenvalue weighted by Gasteiger charge is -2.21. The number of ether oxygens (including phenoxy) is 1. The van der Waals surface area contributed by atoms with Crippen LogP contribution in [0.25, 0.3) is 0 Å². The maximum Gasteiger partial charge on any atom is 0.161 e. The molecule has 21 heavy (non-hydrogen) atoms. The molecule has 0 aliphatic rings. The predicted molar refractivity (Wildman–Crippen MR) is 83.6 cm³/mol. The van der Waals surface area contributed by atoms with Crippen LogP contribution in [0, 0.1) is 6.92 Å². The Morgan fingerprint density at radius 3 is 2.81 bits per heavy atom. The van der Waals surface area contributed by atoms with Gasteiger partial charge >= 0.3 is 0 Å². The van der Waals surface area contributed by atoms with Crippen molar-refractivity contribution in [2.45, 2.75) is 39.8 Å². The average molecular weight is 288 g/mol. The van der Waals surface area contributed by atoms with E-state index in [9.17, 15) is 0 Å². The van der Waals surface area contributed by atoms with Crippen molar-refractivity contribution < 1.29 is 4.74 Å². The lowest BCUT2D eigenvalue weighted by molar-refractivity contribution is 0.398. The van der Waals surface area contributed by atoms with Gasteiger partial charge in [-0.05, 0) is 37.6 Å². The van der Waals surface area contributed by atoms with Crippen LogP contribution in [0.2, 0.25) is 0 Å². The van der Waals surface area contributed by atoms with Crippen LogP contribution in [0.1, 0.15) is 43.3 Å². The summed E-state index contributed by atoms with van der Waals surface area (Å²) in [5.41, 5.74) is 3.27. The first-order valence-electron chi connectivity index (χ1n) is 7.46. The maximum absolute atomic E-state index is 5.51. The van der Waals surface area contributed by atoms with Crippen molar-refractivity contribution >= 4 is 0 Å². The van der Waals surface area contributed by atoms with Gasteiger partial charge in [-0.2, -0.15) is 5.10 Å². The largest absolute Gasteiger partial charge is 0.493 e. The summed E-state index contributed by atoms with van der Waals surface area (Å²) in [4.78, 5) is 4.28. The third-order valence-electron chi connectivity index (χ3n) is 3.44.